The maximum absolute atomic E-state index is 3.92. The highest BCUT2D eigenvalue weighted by Gasteiger charge is 2.19. The van der Waals surface area contributed by atoms with Gasteiger partial charge in [0.2, 0.25) is 0 Å². The fraction of sp³-hybridized carbons (Fsp3) is 0.0286. The number of rotatable bonds is 5. The summed E-state index contributed by atoms with van der Waals surface area (Å²) in [5, 5.41) is 5.13. The molecule has 0 unspecified atom stereocenters. The smallest absolute Gasteiger partial charge is 0.0596 e. The molecule has 176 valence electrons. The number of nitrogens with zero attached hydrogens (tertiary/aromatic N) is 2. The third-order valence-electron chi connectivity index (χ3n) is 7.51. The molecule has 0 aliphatic carbocycles. The van der Waals surface area contributed by atoms with Crippen LogP contribution in [0.15, 0.2) is 122 Å². The van der Waals surface area contributed by atoms with E-state index in [1.807, 2.05) is 12.2 Å². The van der Waals surface area contributed by atoms with E-state index in [1.165, 1.54) is 49.2 Å². The molecule has 0 saturated carbocycles. The minimum absolute atomic E-state index is 0.800. The predicted octanol–water partition coefficient (Wildman–Crippen LogP) is 9.23. The summed E-state index contributed by atoms with van der Waals surface area (Å²) >= 11 is 0. The van der Waals surface area contributed by atoms with Crippen molar-refractivity contribution in [2.75, 3.05) is 0 Å². The number of benzene rings is 5. The Labute approximate surface area is 216 Å². The van der Waals surface area contributed by atoms with Crippen LogP contribution < -0.4 is 0 Å². The van der Waals surface area contributed by atoms with Crippen molar-refractivity contribution >= 4 is 55.8 Å². The van der Waals surface area contributed by atoms with Gasteiger partial charge in [0, 0.05) is 39.3 Å². The largest absolute Gasteiger partial charge is 0.335 e. The van der Waals surface area contributed by atoms with E-state index in [2.05, 4.69) is 131 Å². The summed E-state index contributed by atoms with van der Waals surface area (Å²) in [5.74, 6) is 0. The molecule has 5 aromatic carbocycles. The van der Waals surface area contributed by atoms with Gasteiger partial charge in [0.1, 0.15) is 0 Å². The molecule has 0 N–H and O–H groups in total. The van der Waals surface area contributed by atoms with Crippen LogP contribution in [0.3, 0.4) is 0 Å². The second-order valence-corrected chi connectivity index (χ2v) is 9.55. The Balaban J connectivity index is 1.59. The minimum atomic E-state index is 0.800. The zero-order chi connectivity index (χ0) is 24.9. The van der Waals surface area contributed by atoms with Gasteiger partial charge in [-0.25, -0.2) is 0 Å². The van der Waals surface area contributed by atoms with Crippen LogP contribution in [-0.2, 0) is 6.54 Å². The molecule has 2 heterocycles. The first-order chi connectivity index (χ1) is 18.3. The zero-order valence-electron chi connectivity index (χ0n) is 20.6. The van der Waals surface area contributed by atoms with Crippen LogP contribution in [0.5, 0.6) is 0 Å². The molecule has 0 aliphatic rings. The molecular weight excluding hydrogens is 448 g/mol. The van der Waals surface area contributed by atoms with Crippen LogP contribution in [0.25, 0.3) is 61.5 Å². The second kappa shape index (κ2) is 8.39. The third kappa shape index (κ3) is 3.26. The van der Waals surface area contributed by atoms with Crippen molar-refractivity contribution in [3.8, 4) is 5.69 Å². The zero-order valence-corrected chi connectivity index (χ0v) is 20.6. The van der Waals surface area contributed by atoms with Crippen molar-refractivity contribution < 1.29 is 0 Å². The van der Waals surface area contributed by atoms with Crippen LogP contribution >= 0.6 is 0 Å². The van der Waals surface area contributed by atoms with Crippen molar-refractivity contribution in [3.05, 3.63) is 139 Å². The average molecular weight is 475 g/mol. The first kappa shape index (κ1) is 21.5. The lowest BCUT2D eigenvalue weighted by molar-refractivity contribution is 0.871. The Morgan fingerprint density at radius 1 is 0.541 bits per heavy atom. The molecule has 2 nitrogen and oxygen atoms in total. The first-order valence-corrected chi connectivity index (χ1v) is 12.6. The Kier molecular flexibility index (Phi) is 4.87. The Hall–Kier alpha value is -4.82. The fourth-order valence-corrected chi connectivity index (χ4v) is 5.74. The normalized spacial score (nSPS) is 11.6. The van der Waals surface area contributed by atoms with Crippen LogP contribution in [-0.4, -0.2) is 9.13 Å². The van der Waals surface area contributed by atoms with Gasteiger partial charge in [-0.3, -0.25) is 0 Å². The van der Waals surface area contributed by atoms with E-state index in [-0.39, 0.29) is 0 Å². The predicted molar refractivity (Wildman–Crippen MR) is 160 cm³/mol. The summed E-state index contributed by atoms with van der Waals surface area (Å²) in [6, 6.07) is 39.4. The third-order valence-corrected chi connectivity index (χ3v) is 7.51. The van der Waals surface area contributed by atoms with Crippen molar-refractivity contribution in [2.45, 2.75) is 6.54 Å². The van der Waals surface area contributed by atoms with Crippen molar-refractivity contribution in [3.63, 3.8) is 0 Å². The average Bonchev–Trinajstić information content (AvgIpc) is 3.46. The fourth-order valence-electron chi connectivity index (χ4n) is 5.74. The number of hydrogen-bond acceptors (Lipinski definition) is 0. The molecule has 0 spiro atoms. The standard InChI is InChI=1S/C35H26N2/c1-3-24-13-15-26(16-14-24)23-36-31-11-7-5-9-28(31)29-21-22-33-34(35(29)36)30-10-6-8-12-32(30)37(33)27-19-17-25(4-2)18-20-27/h3-22H,1-2,23H2. The summed E-state index contributed by atoms with van der Waals surface area (Å²) in [6.45, 7) is 8.62. The minimum Gasteiger partial charge on any atom is -0.335 e. The van der Waals surface area contributed by atoms with E-state index in [0.717, 1.165) is 23.4 Å². The first-order valence-electron chi connectivity index (χ1n) is 12.6. The summed E-state index contributed by atoms with van der Waals surface area (Å²) in [4.78, 5) is 0. The van der Waals surface area contributed by atoms with E-state index in [1.54, 1.807) is 0 Å². The Bertz CT molecular complexity index is 1960. The topological polar surface area (TPSA) is 9.86 Å². The van der Waals surface area contributed by atoms with E-state index < -0.39 is 0 Å². The lowest BCUT2D eigenvalue weighted by atomic mass is 10.1. The van der Waals surface area contributed by atoms with Gasteiger partial charge < -0.3 is 9.13 Å². The molecule has 0 fully saturated rings. The van der Waals surface area contributed by atoms with Crippen LogP contribution in [0.1, 0.15) is 16.7 Å². The molecule has 7 rings (SSSR count). The molecule has 0 saturated heterocycles. The second-order valence-electron chi connectivity index (χ2n) is 9.55. The van der Waals surface area contributed by atoms with Crippen LogP contribution in [0.2, 0.25) is 0 Å². The van der Waals surface area contributed by atoms with Gasteiger partial charge in [0.25, 0.3) is 0 Å². The number of para-hydroxylation sites is 2. The molecule has 0 radical (unpaired) electrons. The molecule has 7 aromatic rings. The molecular formula is C35H26N2. The summed E-state index contributed by atoms with van der Waals surface area (Å²) in [7, 11) is 0. The van der Waals surface area contributed by atoms with Gasteiger partial charge in [0.05, 0.1) is 16.6 Å². The van der Waals surface area contributed by atoms with E-state index in [4.69, 9.17) is 0 Å². The molecule has 0 atom stereocenters. The van der Waals surface area contributed by atoms with Crippen molar-refractivity contribution in [1.82, 2.24) is 9.13 Å². The van der Waals surface area contributed by atoms with Gasteiger partial charge in [-0.15, -0.1) is 0 Å². The van der Waals surface area contributed by atoms with Crippen LogP contribution in [0.4, 0.5) is 0 Å². The quantitative estimate of drug-likeness (QED) is 0.235. The number of aromatic nitrogens is 2. The maximum Gasteiger partial charge on any atom is 0.0596 e. The molecule has 0 amide bonds. The van der Waals surface area contributed by atoms with Gasteiger partial charge in [-0.1, -0.05) is 104 Å². The highest BCUT2D eigenvalue weighted by Crippen LogP contribution is 2.40. The van der Waals surface area contributed by atoms with Crippen molar-refractivity contribution in [1.29, 1.82) is 0 Å². The van der Waals surface area contributed by atoms with Gasteiger partial charge in [-0.2, -0.15) is 0 Å². The van der Waals surface area contributed by atoms with Crippen LogP contribution in [0, 0.1) is 0 Å². The highest BCUT2D eigenvalue weighted by molar-refractivity contribution is 6.25. The monoisotopic (exact) mass is 474 g/mol. The molecule has 2 aromatic heterocycles. The van der Waals surface area contributed by atoms with E-state index in [9.17, 15) is 0 Å². The summed E-state index contributed by atoms with van der Waals surface area (Å²) in [6.07, 6.45) is 3.78. The summed E-state index contributed by atoms with van der Waals surface area (Å²) in [5.41, 5.74) is 9.64. The van der Waals surface area contributed by atoms with Gasteiger partial charge >= 0.3 is 0 Å². The Morgan fingerprint density at radius 3 is 1.86 bits per heavy atom. The molecule has 0 bridgehead atoms. The van der Waals surface area contributed by atoms with Crippen molar-refractivity contribution in [2.24, 2.45) is 0 Å². The van der Waals surface area contributed by atoms with Gasteiger partial charge in [0.15, 0.2) is 0 Å². The lowest BCUT2D eigenvalue weighted by Gasteiger charge is -2.10. The highest BCUT2D eigenvalue weighted by atomic mass is 15.0. The summed E-state index contributed by atoms with van der Waals surface area (Å²) < 4.78 is 4.88. The molecule has 37 heavy (non-hydrogen) atoms. The number of fused-ring (bicyclic) bond motifs is 7. The lowest BCUT2D eigenvalue weighted by Crippen LogP contribution is -2.00. The maximum atomic E-state index is 3.92. The molecule has 2 heteroatoms. The number of hydrogen-bond donors (Lipinski definition) is 0. The Morgan fingerprint density at radius 2 is 1.16 bits per heavy atom. The molecule has 0 aliphatic heterocycles. The van der Waals surface area contributed by atoms with Gasteiger partial charge in [-0.05, 0) is 47.0 Å². The van der Waals surface area contributed by atoms with E-state index in [0.29, 0.717) is 0 Å². The SMILES string of the molecule is C=Cc1ccc(Cn2c3ccccc3c3ccc4c(c5ccccc5n4-c4ccc(C=C)cc4)c32)cc1. The van der Waals surface area contributed by atoms with E-state index >= 15 is 0 Å².